The molecule has 0 saturated carbocycles. The van der Waals surface area contributed by atoms with Gasteiger partial charge in [-0.3, -0.25) is 4.21 Å². The number of methoxy groups -OCH3 is 2. The average molecular weight is 401 g/mol. The molecule has 0 heterocycles. The lowest BCUT2D eigenvalue weighted by atomic mass is 10.0. The molecule has 2 rings (SSSR count). The van der Waals surface area contributed by atoms with E-state index in [1.54, 1.807) is 25.1 Å². The molecule has 0 bridgehead atoms. The van der Waals surface area contributed by atoms with Crippen molar-refractivity contribution in [3.8, 4) is 0 Å². The van der Waals surface area contributed by atoms with E-state index in [1.165, 1.54) is 20.5 Å². The molecule has 1 unspecified atom stereocenters. The fraction of sp³-hybridized carbons (Fsp3) is 0.238. The molecule has 1 atom stereocenters. The van der Waals surface area contributed by atoms with E-state index in [-0.39, 0.29) is 11.3 Å². The van der Waals surface area contributed by atoms with E-state index in [2.05, 4.69) is 5.16 Å². The van der Waals surface area contributed by atoms with Crippen LogP contribution in [0.25, 0.3) is 5.57 Å². The molecule has 28 heavy (non-hydrogen) atoms. The number of rotatable bonds is 8. The van der Waals surface area contributed by atoms with Crippen molar-refractivity contribution < 1.29 is 23.3 Å². The molecule has 0 amide bonds. The summed E-state index contributed by atoms with van der Waals surface area (Å²) >= 11 is 0. The summed E-state index contributed by atoms with van der Waals surface area (Å²) in [5.74, 6) is -0.352. The second-order valence-electron chi connectivity index (χ2n) is 5.78. The maximum absolute atomic E-state index is 12.7. The van der Waals surface area contributed by atoms with Crippen LogP contribution in [0, 0.1) is 0 Å². The van der Waals surface area contributed by atoms with Crippen LogP contribution in [0.5, 0.6) is 0 Å². The van der Waals surface area contributed by atoms with Crippen LogP contribution < -0.4 is 0 Å². The fourth-order valence-electron chi connectivity index (χ4n) is 2.42. The van der Waals surface area contributed by atoms with Crippen molar-refractivity contribution in [2.45, 2.75) is 19.3 Å². The average Bonchev–Trinajstić information content (AvgIpc) is 2.72. The van der Waals surface area contributed by atoms with Crippen LogP contribution in [0.1, 0.15) is 23.6 Å². The Morgan fingerprint density at radius 1 is 1.07 bits per heavy atom. The summed E-state index contributed by atoms with van der Waals surface area (Å²) < 4.78 is 22.5. The Morgan fingerprint density at radius 2 is 1.75 bits per heavy atom. The zero-order valence-electron chi connectivity index (χ0n) is 16.1. The molecular formula is C21H23NO5S. The van der Waals surface area contributed by atoms with E-state index in [4.69, 9.17) is 14.3 Å². The maximum Gasteiger partial charge on any atom is 0.341 e. The van der Waals surface area contributed by atoms with Gasteiger partial charge in [0.1, 0.15) is 17.2 Å². The lowest BCUT2D eigenvalue weighted by molar-refractivity contribution is -0.133. The van der Waals surface area contributed by atoms with Crippen molar-refractivity contribution >= 4 is 27.4 Å². The van der Waals surface area contributed by atoms with Crippen LogP contribution in [-0.4, -0.2) is 29.4 Å². The van der Waals surface area contributed by atoms with E-state index in [9.17, 15) is 9.00 Å². The van der Waals surface area contributed by atoms with Gasteiger partial charge in [0, 0.05) is 0 Å². The van der Waals surface area contributed by atoms with E-state index >= 15 is 0 Å². The lowest BCUT2D eigenvalue weighted by Crippen LogP contribution is -2.11. The summed E-state index contributed by atoms with van der Waals surface area (Å²) in [5.41, 5.74) is 2.55. The van der Waals surface area contributed by atoms with Gasteiger partial charge < -0.3 is 14.3 Å². The van der Waals surface area contributed by atoms with Crippen molar-refractivity contribution in [3.63, 3.8) is 0 Å². The molecule has 0 saturated heterocycles. The van der Waals surface area contributed by atoms with Crippen LogP contribution in [-0.2, 0) is 42.3 Å². The van der Waals surface area contributed by atoms with E-state index < -0.39 is 16.8 Å². The smallest absolute Gasteiger partial charge is 0.341 e. The summed E-state index contributed by atoms with van der Waals surface area (Å²) in [6, 6.07) is 16.8. The van der Waals surface area contributed by atoms with Crippen LogP contribution >= 0.6 is 0 Å². The van der Waals surface area contributed by atoms with Crippen LogP contribution in [0.3, 0.4) is 0 Å². The minimum Gasteiger partial charge on any atom is -0.503 e. The SMILES string of the molecule is COC=C(C(=O)OC)c1ccccc1CS(=O)C(C)=NOCc1ccccc1. The number of oxime groups is 1. The number of hydrogen-bond acceptors (Lipinski definition) is 6. The molecule has 0 aromatic heterocycles. The molecule has 7 heteroatoms. The molecule has 148 valence electrons. The van der Waals surface area contributed by atoms with Crippen molar-refractivity contribution in [2.24, 2.45) is 5.16 Å². The third kappa shape index (κ3) is 6.06. The molecule has 0 aliphatic heterocycles. The zero-order valence-corrected chi connectivity index (χ0v) is 16.9. The lowest BCUT2D eigenvalue weighted by Gasteiger charge is -2.11. The number of carbonyl (C=O) groups is 1. The van der Waals surface area contributed by atoms with Crippen molar-refractivity contribution in [1.29, 1.82) is 0 Å². The van der Waals surface area contributed by atoms with Crippen LogP contribution in [0.15, 0.2) is 66.0 Å². The van der Waals surface area contributed by atoms with Crippen molar-refractivity contribution in [3.05, 3.63) is 77.5 Å². The Bertz CT molecular complexity index is 877. The standard InChI is InChI=1S/C21H23NO5S/c1-16(22-27-13-17-9-5-4-6-10-17)28(24)15-18-11-7-8-12-19(18)20(14-25-2)21(23)26-3/h4-12,14H,13,15H2,1-3H3. The molecule has 6 nitrogen and oxygen atoms in total. The van der Waals surface area contributed by atoms with Gasteiger partial charge in [-0.2, -0.15) is 0 Å². The molecule has 2 aromatic carbocycles. The number of ether oxygens (including phenoxy) is 2. The van der Waals surface area contributed by atoms with Gasteiger partial charge in [-0.05, 0) is 23.6 Å². The summed E-state index contributed by atoms with van der Waals surface area (Å²) in [5, 5.41) is 4.33. The number of esters is 1. The predicted molar refractivity (Wildman–Crippen MR) is 110 cm³/mol. The number of hydrogen-bond donors (Lipinski definition) is 0. The first kappa shape index (κ1) is 21.4. The van der Waals surface area contributed by atoms with Gasteiger partial charge in [-0.25, -0.2) is 4.79 Å². The zero-order chi connectivity index (χ0) is 20.4. The topological polar surface area (TPSA) is 74.2 Å². The van der Waals surface area contributed by atoms with Crippen LogP contribution in [0.2, 0.25) is 0 Å². The second-order valence-corrected chi connectivity index (χ2v) is 7.35. The monoisotopic (exact) mass is 401 g/mol. The van der Waals surface area contributed by atoms with E-state index in [1.807, 2.05) is 36.4 Å². The molecule has 0 aliphatic rings. The first-order valence-electron chi connectivity index (χ1n) is 8.55. The third-order valence-corrected chi connectivity index (χ3v) is 5.14. The minimum atomic E-state index is -1.41. The normalized spacial score (nSPS) is 13.0. The highest BCUT2D eigenvalue weighted by atomic mass is 32.2. The summed E-state index contributed by atoms with van der Waals surface area (Å²) in [6.07, 6.45) is 1.32. The van der Waals surface area contributed by atoms with E-state index in [0.29, 0.717) is 22.8 Å². The summed E-state index contributed by atoms with van der Waals surface area (Å²) in [4.78, 5) is 17.4. The molecule has 0 aliphatic carbocycles. The third-order valence-electron chi connectivity index (χ3n) is 3.83. The Labute approximate surface area is 167 Å². The number of carbonyl (C=O) groups excluding carboxylic acids is 1. The summed E-state index contributed by atoms with van der Waals surface area (Å²) in [7, 11) is 1.33. The molecular weight excluding hydrogens is 378 g/mol. The van der Waals surface area contributed by atoms with Gasteiger partial charge in [-0.15, -0.1) is 0 Å². The number of benzene rings is 2. The molecule has 0 fully saturated rings. The van der Waals surface area contributed by atoms with Gasteiger partial charge in [-0.1, -0.05) is 59.8 Å². The molecule has 0 N–H and O–H groups in total. The molecule has 0 spiro atoms. The highest BCUT2D eigenvalue weighted by Crippen LogP contribution is 2.22. The molecule has 0 radical (unpaired) electrons. The second kappa shape index (κ2) is 11.0. The van der Waals surface area contributed by atoms with Gasteiger partial charge in [0.2, 0.25) is 0 Å². The van der Waals surface area contributed by atoms with Crippen molar-refractivity contribution in [1.82, 2.24) is 0 Å². The first-order chi connectivity index (χ1) is 13.6. The Kier molecular flexibility index (Phi) is 8.42. The van der Waals surface area contributed by atoms with Gasteiger partial charge in [0.15, 0.2) is 0 Å². The highest BCUT2D eigenvalue weighted by Gasteiger charge is 2.18. The summed E-state index contributed by atoms with van der Waals surface area (Å²) in [6.45, 7) is 1.95. The number of nitrogens with zero attached hydrogens (tertiary/aromatic N) is 1. The Hall–Kier alpha value is -2.93. The Balaban J connectivity index is 2.12. The largest absolute Gasteiger partial charge is 0.503 e. The quantitative estimate of drug-likeness (QED) is 0.169. The molecule has 2 aromatic rings. The Morgan fingerprint density at radius 3 is 2.43 bits per heavy atom. The van der Waals surface area contributed by atoms with Crippen LogP contribution in [0.4, 0.5) is 0 Å². The van der Waals surface area contributed by atoms with Gasteiger partial charge in [0.05, 0.1) is 37.0 Å². The maximum atomic E-state index is 12.7. The minimum absolute atomic E-state index is 0.179. The predicted octanol–water partition coefficient (Wildman–Crippen LogP) is 3.65. The van der Waals surface area contributed by atoms with Gasteiger partial charge >= 0.3 is 5.97 Å². The first-order valence-corrected chi connectivity index (χ1v) is 9.87. The van der Waals surface area contributed by atoms with Gasteiger partial charge in [0.25, 0.3) is 0 Å². The fourth-order valence-corrected chi connectivity index (χ4v) is 3.30. The highest BCUT2D eigenvalue weighted by molar-refractivity contribution is 7.99. The van der Waals surface area contributed by atoms with E-state index in [0.717, 1.165) is 5.56 Å². The van der Waals surface area contributed by atoms with Crippen molar-refractivity contribution in [2.75, 3.05) is 14.2 Å².